The standard InChI is InChI=1S/C13H14ClN3O2/c1-18-11-4-3-9(12(6-11)19-2)7-15-10-5-13(14)17-16-8-10/h3-6,8H,7H2,1-2H3,(H,15,17). The van der Waals surface area contributed by atoms with E-state index in [0.717, 1.165) is 22.7 Å². The van der Waals surface area contributed by atoms with Gasteiger partial charge in [0.15, 0.2) is 5.15 Å². The number of hydrogen-bond donors (Lipinski definition) is 1. The fourth-order valence-corrected chi connectivity index (χ4v) is 1.79. The Bertz CT molecular complexity index is 563. The number of benzene rings is 1. The molecule has 0 saturated carbocycles. The molecule has 1 aromatic heterocycles. The number of hydrogen-bond acceptors (Lipinski definition) is 5. The van der Waals surface area contributed by atoms with Crippen molar-refractivity contribution in [1.29, 1.82) is 0 Å². The maximum absolute atomic E-state index is 5.77. The van der Waals surface area contributed by atoms with E-state index in [-0.39, 0.29) is 0 Å². The van der Waals surface area contributed by atoms with Crippen LogP contribution in [0.4, 0.5) is 5.69 Å². The Labute approximate surface area is 116 Å². The van der Waals surface area contributed by atoms with Gasteiger partial charge in [-0.15, -0.1) is 5.10 Å². The second kappa shape index (κ2) is 6.24. The lowest BCUT2D eigenvalue weighted by Gasteiger charge is -2.11. The Morgan fingerprint density at radius 3 is 2.74 bits per heavy atom. The first-order chi connectivity index (χ1) is 9.22. The molecule has 0 atom stereocenters. The van der Waals surface area contributed by atoms with Crippen LogP contribution in [0.1, 0.15) is 5.56 Å². The lowest BCUT2D eigenvalue weighted by Crippen LogP contribution is -2.02. The van der Waals surface area contributed by atoms with E-state index in [1.54, 1.807) is 26.5 Å². The molecule has 0 aliphatic heterocycles. The molecule has 0 radical (unpaired) electrons. The number of ether oxygens (including phenoxy) is 2. The average molecular weight is 280 g/mol. The molecule has 0 aliphatic rings. The molecular weight excluding hydrogens is 266 g/mol. The van der Waals surface area contributed by atoms with E-state index in [1.165, 1.54) is 0 Å². The molecule has 2 aromatic rings. The summed E-state index contributed by atoms with van der Waals surface area (Å²) in [5.41, 5.74) is 1.81. The van der Waals surface area contributed by atoms with E-state index in [0.29, 0.717) is 11.7 Å². The Hall–Kier alpha value is -2.01. The molecule has 0 fully saturated rings. The Kier molecular flexibility index (Phi) is 4.41. The third-order valence-electron chi connectivity index (χ3n) is 2.60. The predicted octanol–water partition coefficient (Wildman–Crippen LogP) is 2.76. The third-order valence-corrected chi connectivity index (χ3v) is 2.79. The molecule has 0 amide bonds. The van der Waals surface area contributed by atoms with Gasteiger partial charge in [-0.2, -0.15) is 5.10 Å². The van der Waals surface area contributed by atoms with Crippen LogP contribution in [-0.2, 0) is 6.54 Å². The van der Waals surface area contributed by atoms with Gasteiger partial charge in [0.25, 0.3) is 0 Å². The molecule has 0 aliphatic carbocycles. The number of aromatic nitrogens is 2. The zero-order valence-electron chi connectivity index (χ0n) is 10.7. The topological polar surface area (TPSA) is 56.3 Å². The van der Waals surface area contributed by atoms with E-state index < -0.39 is 0 Å². The summed E-state index contributed by atoms with van der Waals surface area (Å²) in [6.07, 6.45) is 1.61. The highest BCUT2D eigenvalue weighted by atomic mass is 35.5. The van der Waals surface area contributed by atoms with Crippen LogP contribution in [0.15, 0.2) is 30.5 Å². The van der Waals surface area contributed by atoms with Crippen LogP contribution in [0.2, 0.25) is 5.15 Å². The first-order valence-electron chi connectivity index (χ1n) is 5.66. The zero-order valence-corrected chi connectivity index (χ0v) is 11.4. The summed E-state index contributed by atoms with van der Waals surface area (Å²) < 4.78 is 10.5. The maximum Gasteiger partial charge on any atom is 0.153 e. The van der Waals surface area contributed by atoms with E-state index in [9.17, 15) is 0 Å². The molecule has 2 rings (SSSR count). The minimum absolute atomic E-state index is 0.353. The number of methoxy groups -OCH3 is 2. The van der Waals surface area contributed by atoms with Crippen LogP contribution in [0.3, 0.4) is 0 Å². The van der Waals surface area contributed by atoms with Gasteiger partial charge in [-0.3, -0.25) is 0 Å². The summed E-state index contributed by atoms with van der Waals surface area (Å²) >= 11 is 5.77. The van der Waals surface area contributed by atoms with Gasteiger partial charge in [-0.1, -0.05) is 11.6 Å². The largest absolute Gasteiger partial charge is 0.497 e. The molecule has 100 valence electrons. The molecule has 5 nitrogen and oxygen atoms in total. The summed E-state index contributed by atoms with van der Waals surface area (Å²) in [6, 6.07) is 7.39. The van der Waals surface area contributed by atoms with Crippen LogP contribution in [0.25, 0.3) is 0 Å². The molecular formula is C13H14ClN3O2. The lowest BCUT2D eigenvalue weighted by atomic mass is 10.2. The number of rotatable bonds is 5. The van der Waals surface area contributed by atoms with E-state index in [4.69, 9.17) is 21.1 Å². The van der Waals surface area contributed by atoms with Crippen LogP contribution in [0, 0.1) is 0 Å². The average Bonchev–Trinajstić information content (AvgIpc) is 2.45. The SMILES string of the molecule is COc1ccc(CNc2cnnc(Cl)c2)c(OC)c1. The van der Waals surface area contributed by atoms with Crippen molar-refractivity contribution in [3.8, 4) is 11.5 Å². The maximum atomic E-state index is 5.77. The minimum Gasteiger partial charge on any atom is -0.497 e. The molecule has 6 heteroatoms. The molecule has 0 spiro atoms. The van der Waals surface area contributed by atoms with Gasteiger partial charge in [0.05, 0.1) is 26.1 Å². The van der Waals surface area contributed by atoms with Crippen molar-refractivity contribution in [2.75, 3.05) is 19.5 Å². The van der Waals surface area contributed by atoms with Crippen LogP contribution >= 0.6 is 11.6 Å². The van der Waals surface area contributed by atoms with Crippen molar-refractivity contribution in [3.05, 3.63) is 41.2 Å². The van der Waals surface area contributed by atoms with E-state index in [2.05, 4.69) is 15.5 Å². The second-order valence-corrected chi connectivity index (χ2v) is 4.19. The zero-order chi connectivity index (χ0) is 13.7. The van der Waals surface area contributed by atoms with Gasteiger partial charge in [0, 0.05) is 24.2 Å². The highest BCUT2D eigenvalue weighted by Gasteiger charge is 2.05. The predicted molar refractivity (Wildman–Crippen MR) is 73.9 cm³/mol. The van der Waals surface area contributed by atoms with Gasteiger partial charge in [-0.25, -0.2) is 0 Å². The van der Waals surface area contributed by atoms with Gasteiger partial charge in [0.1, 0.15) is 11.5 Å². The number of halogens is 1. The molecule has 0 unspecified atom stereocenters. The number of nitrogens with zero attached hydrogens (tertiary/aromatic N) is 2. The van der Waals surface area contributed by atoms with Gasteiger partial charge in [-0.05, 0) is 12.1 Å². The normalized spacial score (nSPS) is 10.1. The monoisotopic (exact) mass is 279 g/mol. The van der Waals surface area contributed by atoms with E-state index >= 15 is 0 Å². The second-order valence-electron chi connectivity index (χ2n) is 3.80. The van der Waals surface area contributed by atoms with Crippen LogP contribution < -0.4 is 14.8 Å². The number of nitrogens with one attached hydrogen (secondary N) is 1. The summed E-state index contributed by atoms with van der Waals surface area (Å²) in [6.45, 7) is 0.592. The fourth-order valence-electron chi connectivity index (χ4n) is 1.63. The molecule has 19 heavy (non-hydrogen) atoms. The minimum atomic E-state index is 0.353. The summed E-state index contributed by atoms with van der Waals surface area (Å²) in [5, 5.41) is 11.0. The van der Waals surface area contributed by atoms with Crippen molar-refractivity contribution in [3.63, 3.8) is 0 Å². The Morgan fingerprint density at radius 2 is 2.05 bits per heavy atom. The van der Waals surface area contributed by atoms with E-state index in [1.807, 2.05) is 18.2 Å². The highest BCUT2D eigenvalue weighted by molar-refractivity contribution is 6.29. The lowest BCUT2D eigenvalue weighted by molar-refractivity contribution is 0.391. The van der Waals surface area contributed by atoms with Crippen LogP contribution in [0.5, 0.6) is 11.5 Å². The quantitative estimate of drug-likeness (QED) is 0.912. The molecule has 0 bridgehead atoms. The fraction of sp³-hybridized carbons (Fsp3) is 0.231. The van der Waals surface area contributed by atoms with Crippen molar-refractivity contribution < 1.29 is 9.47 Å². The summed E-state index contributed by atoms with van der Waals surface area (Å²) in [4.78, 5) is 0. The van der Waals surface area contributed by atoms with Gasteiger partial charge >= 0.3 is 0 Å². The van der Waals surface area contributed by atoms with Gasteiger partial charge < -0.3 is 14.8 Å². The molecule has 1 N–H and O–H groups in total. The number of anilines is 1. The first kappa shape index (κ1) is 13.4. The molecule has 1 aromatic carbocycles. The van der Waals surface area contributed by atoms with Crippen molar-refractivity contribution in [2.45, 2.75) is 6.54 Å². The van der Waals surface area contributed by atoms with Gasteiger partial charge in [0.2, 0.25) is 0 Å². The third kappa shape index (κ3) is 3.48. The summed E-state index contributed by atoms with van der Waals surface area (Å²) in [5.74, 6) is 1.52. The Morgan fingerprint density at radius 1 is 1.21 bits per heavy atom. The summed E-state index contributed by atoms with van der Waals surface area (Å²) in [7, 11) is 3.25. The van der Waals surface area contributed by atoms with Crippen LogP contribution in [-0.4, -0.2) is 24.4 Å². The Balaban J connectivity index is 2.11. The molecule has 0 saturated heterocycles. The highest BCUT2D eigenvalue weighted by Crippen LogP contribution is 2.25. The molecule has 1 heterocycles. The smallest absolute Gasteiger partial charge is 0.153 e. The van der Waals surface area contributed by atoms with Crippen molar-refractivity contribution in [1.82, 2.24) is 10.2 Å². The van der Waals surface area contributed by atoms with Crippen molar-refractivity contribution >= 4 is 17.3 Å². The first-order valence-corrected chi connectivity index (χ1v) is 6.03. The van der Waals surface area contributed by atoms with Crippen molar-refractivity contribution in [2.24, 2.45) is 0 Å².